The largest absolute Gasteiger partial charge is 0.357 e. The van der Waals surface area contributed by atoms with Gasteiger partial charge in [0.2, 0.25) is 5.95 Å². The Labute approximate surface area is 199 Å². The minimum atomic E-state index is -0.881. The fraction of sp³-hybridized carbons (Fsp3) is 0.423. The molecular formula is C26H32F2N6. The first-order chi connectivity index (χ1) is 16.3. The zero-order chi connectivity index (χ0) is 24.2. The van der Waals surface area contributed by atoms with Crippen LogP contribution in [-0.2, 0) is 0 Å². The fourth-order valence-electron chi connectivity index (χ4n) is 4.22. The third-order valence-electron chi connectivity index (χ3n) is 5.96. The molecule has 8 heteroatoms. The Hall–Kier alpha value is -3.13. The van der Waals surface area contributed by atoms with E-state index >= 15 is 0 Å². The molecule has 1 saturated heterocycles. The van der Waals surface area contributed by atoms with Crippen molar-refractivity contribution < 1.29 is 8.78 Å². The summed E-state index contributed by atoms with van der Waals surface area (Å²) in [5.41, 5.74) is 4.90. The normalized spacial score (nSPS) is 18.3. The number of hydrogen-bond acceptors (Lipinski definition) is 6. The van der Waals surface area contributed by atoms with E-state index in [1.54, 1.807) is 12.3 Å². The molecular weight excluding hydrogens is 434 g/mol. The maximum atomic E-state index is 14.8. The van der Waals surface area contributed by atoms with Crippen molar-refractivity contribution in [2.75, 3.05) is 23.7 Å². The second kappa shape index (κ2) is 10.4. The Balaban J connectivity index is 1.64. The van der Waals surface area contributed by atoms with Crippen molar-refractivity contribution in [3.8, 4) is 11.3 Å². The number of piperidine rings is 1. The van der Waals surface area contributed by atoms with Crippen molar-refractivity contribution >= 4 is 22.7 Å². The van der Waals surface area contributed by atoms with Crippen LogP contribution in [0.25, 0.3) is 22.3 Å². The molecule has 2 atom stereocenters. The lowest BCUT2D eigenvalue weighted by atomic mass is 9.99. The molecule has 1 aliphatic heterocycles. The van der Waals surface area contributed by atoms with E-state index in [4.69, 9.17) is 9.97 Å². The minimum Gasteiger partial charge on any atom is -0.357 e. The van der Waals surface area contributed by atoms with Crippen LogP contribution in [0.2, 0.25) is 0 Å². The van der Waals surface area contributed by atoms with Crippen LogP contribution >= 0.6 is 0 Å². The van der Waals surface area contributed by atoms with Crippen molar-refractivity contribution in [2.45, 2.75) is 58.2 Å². The predicted octanol–water partition coefficient (Wildman–Crippen LogP) is 5.79. The first-order valence-corrected chi connectivity index (χ1v) is 11.9. The monoisotopic (exact) mass is 466 g/mol. The maximum Gasteiger partial charge on any atom is 0.223 e. The number of pyridine rings is 1. The summed E-state index contributed by atoms with van der Waals surface area (Å²) in [6.07, 6.45) is 2.94. The smallest absolute Gasteiger partial charge is 0.223 e. The molecule has 1 aliphatic rings. The number of rotatable bonds is 8. The number of hydrogen-bond donors (Lipinski definition) is 3. The molecule has 3 N–H and O–H groups in total. The molecule has 180 valence electrons. The quantitative estimate of drug-likeness (QED) is 0.390. The van der Waals surface area contributed by atoms with Crippen LogP contribution in [0.3, 0.4) is 0 Å². The highest BCUT2D eigenvalue weighted by atomic mass is 19.1. The number of halogens is 2. The lowest BCUT2D eigenvalue weighted by Crippen LogP contribution is -2.44. The number of nitrogens with zero attached hydrogens (tertiary/aromatic N) is 3. The van der Waals surface area contributed by atoms with Crippen LogP contribution in [0.4, 0.5) is 20.4 Å². The van der Waals surface area contributed by atoms with Gasteiger partial charge in [-0.2, -0.15) is 0 Å². The number of allylic oxidation sites excluding steroid dienone is 1. The van der Waals surface area contributed by atoms with Crippen LogP contribution in [0.15, 0.2) is 42.7 Å². The summed E-state index contributed by atoms with van der Waals surface area (Å²) in [7, 11) is 0. The number of benzene rings is 1. The molecule has 0 bridgehead atoms. The first-order valence-electron chi connectivity index (χ1n) is 11.9. The average Bonchev–Trinajstić information content (AvgIpc) is 2.80. The topological polar surface area (TPSA) is 74.8 Å². The standard InChI is InChI=1S/C26H32F2N6/c1-5-6-16(4)31-22-8-7-17(9-21(22)28)23-11-20(15(2)3)25-24(33-23)14-30-26(34-25)32-19-10-18(27)12-29-13-19/h7-9,11,14-15,18-19,29,31H,4-6,10,12-13H2,1-3H3,(H,30,32,34)/t18-,19-/m0/s1. The zero-order valence-corrected chi connectivity index (χ0v) is 20.0. The Kier molecular flexibility index (Phi) is 7.36. The molecule has 0 saturated carbocycles. The van der Waals surface area contributed by atoms with E-state index in [-0.39, 0.29) is 17.8 Å². The lowest BCUT2D eigenvalue weighted by Gasteiger charge is -2.26. The van der Waals surface area contributed by atoms with Gasteiger partial charge < -0.3 is 16.0 Å². The van der Waals surface area contributed by atoms with E-state index in [1.165, 1.54) is 6.07 Å². The molecule has 6 nitrogen and oxygen atoms in total. The van der Waals surface area contributed by atoms with E-state index < -0.39 is 6.17 Å². The molecule has 0 spiro atoms. The van der Waals surface area contributed by atoms with Gasteiger partial charge in [-0.25, -0.2) is 23.7 Å². The molecule has 1 fully saturated rings. The van der Waals surface area contributed by atoms with Gasteiger partial charge in [-0.3, -0.25) is 0 Å². The van der Waals surface area contributed by atoms with Crippen LogP contribution in [0.5, 0.6) is 0 Å². The first kappa shape index (κ1) is 24.0. The number of aromatic nitrogens is 3. The summed E-state index contributed by atoms with van der Waals surface area (Å²) in [6, 6.07) is 6.94. The van der Waals surface area contributed by atoms with Crippen molar-refractivity contribution in [1.29, 1.82) is 0 Å². The lowest BCUT2D eigenvalue weighted by molar-refractivity contribution is 0.254. The van der Waals surface area contributed by atoms with Crippen LogP contribution < -0.4 is 16.0 Å². The fourth-order valence-corrected chi connectivity index (χ4v) is 4.22. The minimum absolute atomic E-state index is 0.0700. The zero-order valence-electron chi connectivity index (χ0n) is 20.0. The van der Waals surface area contributed by atoms with Gasteiger partial charge >= 0.3 is 0 Å². The Morgan fingerprint density at radius 3 is 2.76 bits per heavy atom. The summed E-state index contributed by atoms with van der Waals surface area (Å²) >= 11 is 0. The van der Waals surface area contributed by atoms with Crippen molar-refractivity contribution in [3.05, 3.63) is 54.1 Å². The molecule has 0 aliphatic carbocycles. The number of anilines is 2. The predicted molar refractivity (Wildman–Crippen MR) is 134 cm³/mol. The van der Waals surface area contributed by atoms with Crippen LogP contribution in [0.1, 0.15) is 51.5 Å². The molecule has 0 unspecified atom stereocenters. The number of alkyl halides is 1. The van der Waals surface area contributed by atoms with Gasteiger partial charge in [0, 0.05) is 36.8 Å². The number of fused-ring (bicyclic) bond motifs is 1. The Morgan fingerprint density at radius 1 is 1.24 bits per heavy atom. The van der Waals surface area contributed by atoms with Gasteiger partial charge in [0.15, 0.2) is 0 Å². The molecule has 0 amide bonds. The van der Waals surface area contributed by atoms with Crippen LogP contribution in [0, 0.1) is 5.82 Å². The van der Waals surface area contributed by atoms with E-state index in [0.29, 0.717) is 47.9 Å². The molecule has 1 aromatic carbocycles. The third kappa shape index (κ3) is 5.50. The van der Waals surface area contributed by atoms with Gasteiger partial charge in [0.05, 0.1) is 23.1 Å². The second-order valence-corrected chi connectivity index (χ2v) is 9.18. The van der Waals surface area contributed by atoms with E-state index in [9.17, 15) is 8.78 Å². The highest BCUT2D eigenvalue weighted by molar-refractivity contribution is 5.82. The summed E-state index contributed by atoms with van der Waals surface area (Å²) in [5.74, 6) is 0.270. The number of nitrogens with one attached hydrogen (secondary N) is 3. The third-order valence-corrected chi connectivity index (χ3v) is 5.96. The highest BCUT2D eigenvalue weighted by Crippen LogP contribution is 2.31. The molecule has 4 rings (SSSR count). The van der Waals surface area contributed by atoms with E-state index in [0.717, 1.165) is 29.6 Å². The maximum absolute atomic E-state index is 14.8. The van der Waals surface area contributed by atoms with Crippen molar-refractivity contribution in [1.82, 2.24) is 20.3 Å². The SMILES string of the molecule is C=C(CCC)Nc1ccc(-c2cc(C(C)C)c3nc(N[C@@H]4CNC[C@@H](F)C4)ncc3n2)cc1F. The Bertz CT molecular complexity index is 1180. The van der Waals surface area contributed by atoms with Crippen molar-refractivity contribution in [2.24, 2.45) is 0 Å². The summed E-state index contributed by atoms with van der Waals surface area (Å²) in [5, 5.41) is 9.36. The molecule has 0 radical (unpaired) electrons. The van der Waals surface area contributed by atoms with Gasteiger partial charge in [0.25, 0.3) is 0 Å². The van der Waals surface area contributed by atoms with Gasteiger partial charge in [-0.15, -0.1) is 0 Å². The summed E-state index contributed by atoms with van der Waals surface area (Å²) in [6.45, 7) is 11.2. The Morgan fingerprint density at radius 2 is 2.06 bits per heavy atom. The second-order valence-electron chi connectivity index (χ2n) is 9.18. The summed E-state index contributed by atoms with van der Waals surface area (Å²) < 4.78 is 28.5. The molecule has 34 heavy (non-hydrogen) atoms. The average molecular weight is 467 g/mol. The molecule has 2 aromatic heterocycles. The van der Waals surface area contributed by atoms with E-state index in [1.807, 2.05) is 12.1 Å². The van der Waals surface area contributed by atoms with Gasteiger partial charge in [0.1, 0.15) is 17.5 Å². The van der Waals surface area contributed by atoms with Gasteiger partial charge in [-0.05, 0) is 36.1 Å². The van der Waals surface area contributed by atoms with Crippen molar-refractivity contribution in [3.63, 3.8) is 0 Å². The molecule has 3 aromatic rings. The van der Waals surface area contributed by atoms with E-state index in [2.05, 4.69) is 48.3 Å². The highest BCUT2D eigenvalue weighted by Gasteiger charge is 2.22. The van der Waals surface area contributed by atoms with Crippen LogP contribution in [-0.4, -0.2) is 40.3 Å². The van der Waals surface area contributed by atoms with Gasteiger partial charge in [-0.1, -0.05) is 39.8 Å². The summed E-state index contributed by atoms with van der Waals surface area (Å²) in [4.78, 5) is 13.8. The molecule has 3 heterocycles.